The van der Waals surface area contributed by atoms with Gasteiger partial charge in [-0.3, -0.25) is 5.41 Å². The number of benzene rings is 1. The predicted octanol–water partition coefficient (Wildman–Crippen LogP) is 2.25. The van der Waals surface area contributed by atoms with Gasteiger partial charge < -0.3 is 5.73 Å². The number of guanidine groups is 1. The smallest absolute Gasteiger partial charge is 0.235 e. The number of aromatic nitrogens is 1. The molecule has 146 valence electrons. The minimum Gasteiger partial charge on any atom is -0.369 e. The van der Waals surface area contributed by atoms with E-state index in [4.69, 9.17) is 11.1 Å². The van der Waals surface area contributed by atoms with Gasteiger partial charge in [-0.05, 0) is 49.3 Å². The Morgan fingerprint density at radius 1 is 1.26 bits per heavy atom. The van der Waals surface area contributed by atoms with Gasteiger partial charge in [-0.15, -0.1) is 12.4 Å². The standard InChI is InChI=1S/C18H23N5O2S.ClH/c1-11-6-4-5-7-14(11)13-8-15(21-22-18(19)20)17-12(2)10-23(16(17)9-13)26(3,24)25;/h4-7,10,13H,8-9H2,1-3H3,(H4,19,20,22);1H. The maximum absolute atomic E-state index is 12.3. The summed E-state index contributed by atoms with van der Waals surface area (Å²) in [5.41, 5.74) is 13.3. The average molecular weight is 410 g/mol. The molecule has 7 nitrogen and oxygen atoms in total. The number of nitrogens with one attached hydrogen (secondary N) is 2. The van der Waals surface area contributed by atoms with E-state index in [0.717, 1.165) is 28.1 Å². The first-order valence-corrected chi connectivity index (χ1v) is 10.2. The van der Waals surface area contributed by atoms with Crippen molar-refractivity contribution in [1.82, 2.24) is 9.40 Å². The van der Waals surface area contributed by atoms with E-state index in [0.29, 0.717) is 12.8 Å². The van der Waals surface area contributed by atoms with Gasteiger partial charge in [-0.25, -0.2) is 17.8 Å². The largest absolute Gasteiger partial charge is 0.369 e. The van der Waals surface area contributed by atoms with E-state index in [2.05, 4.69) is 29.6 Å². The fraction of sp³-hybridized carbons (Fsp3) is 0.333. The molecule has 1 aromatic heterocycles. The molecule has 0 fully saturated rings. The van der Waals surface area contributed by atoms with Crippen molar-refractivity contribution in [2.75, 3.05) is 6.26 Å². The van der Waals surface area contributed by atoms with Crippen LogP contribution in [0.4, 0.5) is 0 Å². The highest BCUT2D eigenvalue weighted by atomic mass is 35.5. The molecule has 2 aromatic rings. The van der Waals surface area contributed by atoms with Crippen LogP contribution in [0.25, 0.3) is 0 Å². The second-order valence-corrected chi connectivity index (χ2v) is 8.60. The Balaban J connectivity index is 0.00000261. The second-order valence-electron chi connectivity index (χ2n) is 6.74. The summed E-state index contributed by atoms with van der Waals surface area (Å²) in [4.78, 5) is 0. The van der Waals surface area contributed by atoms with Gasteiger partial charge in [0, 0.05) is 17.5 Å². The molecule has 0 bridgehead atoms. The summed E-state index contributed by atoms with van der Waals surface area (Å²) in [7, 11) is -3.42. The van der Waals surface area contributed by atoms with Crippen molar-refractivity contribution in [3.05, 3.63) is 58.4 Å². The van der Waals surface area contributed by atoms with Crippen molar-refractivity contribution in [1.29, 1.82) is 5.41 Å². The minimum absolute atomic E-state index is 0. The summed E-state index contributed by atoms with van der Waals surface area (Å²) in [6.45, 7) is 3.92. The lowest BCUT2D eigenvalue weighted by atomic mass is 9.80. The van der Waals surface area contributed by atoms with E-state index in [9.17, 15) is 8.42 Å². The Bertz CT molecular complexity index is 1010. The number of fused-ring (bicyclic) bond motifs is 1. The van der Waals surface area contributed by atoms with Crippen LogP contribution in [0.3, 0.4) is 0 Å². The van der Waals surface area contributed by atoms with Gasteiger partial charge >= 0.3 is 0 Å². The molecule has 1 aromatic carbocycles. The second kappa shape index (κ2) is 7.74. The number of nitrogens with zero attached hydrogens (tertiary/aromatic N) is 2. The Labute approximate surface area is 165 Å². The molecule has 1 atom stereocenters. The Kier molecular flexibility index (Phi) is 6.01. The van der Waals surface area contributed by atoms with E-state index in [-0.39, 0.29) is 24.3 Å². The quantitative estimate of drug-likeness (QED) is 0.409. The first-order valence-electron chi connectivity index (χ1n) is 8.32. The van der Waals surface area contributed by atoms with Crippen LogP contribution in [0.15, 0.2) is 35.6 Å². The van der Waals surface area contributed by atoms with Crippen molar-refractivity contribution >= 4 is 34.1 Å². The molecular weight excluding hydrogens is 386 g/mol. The molecule has 1 heterocycles. The van der Waals surface area contributed by atoms with Gasteiger partial charge in [0.1, 0.15) is 0 Å². The molecule has 0 radical (unpaired) electrons. The molecule has 0 saturated carbocycles. The summed E-state index contributed by atoms with van der Waals surface area (Å²) in [6.07, 6.45) is 4.10. The van der Waals surface area contributed by atoms with Crippen LogP contribution in [-0.2, 0) is 16.4 Å². The van der Waals surface area contributed by atoms with Crippen molar-refractivity contribution in [2.24, 2.45) is 10.8 Å². The zero-order valence-electron chi connectivity index (χ0n) is 15.5. The number of nitrogens with two attached hydrogens (primary N) is 1. The molecule has 0 amide bonds. The summed E-state index contributed by atoms with van der Waals surface area (Å²) in [5, 5.41) is 11.7. The van der Waals surface area contributed by atoms with Crippen LogP contribution in [-0.4, -0.2) is 30.3 Å². The molecule has 1 unspecified atom stereocenters. The van der Waals surface area contributed by atoms with Crippen molar-refractivity contribution in [3.8, 4) is 0 Å². The molecule has 4 N–H and O–H groups in total. The number of hydrazone groups is 1. The molecule has 0 aliphatic heterocycles. The van der Waals surface area contributed by atoms with Crippen LogP contribution in [0, 0.1) is 19.3 Å². The molecule has 27 heavy (non-hydrogen) atoms. The molecule has 9 heteroatoms. The van der Waals surface area contributed by atoms with Gasteiger partial charge in [0.05, 0.1) is 12.0 Å². The highest BCUT2D eigenvalue weighted by Crippen LogP contribution is 2.37. The molecule has 3 rings (SSSR count). The first-order chi connectivity index (χ1) is 12.2. The molecule has 1 aliphatic carbocycles. The summed E-state index contributed by atoms with van der Waals surface area (Å²) in [5.74, 6) is -0.150. The summed E-state index contributed by atoms with van der Waals surface area (Å²) in [6, 6.07) is 8.10. The highest BCUT2D eigenvalue weighted by molar-refractivity contribution is 7.89. The maximum atomic E-state index is 12.3. The number of halogens is 1. The van der Waals surface area contributed by atoms with E-state index < -0.39 is 10.0 Å². The monoisotopic (exact) mass is 409 g/mol. The lowest BCUT2D eigenvalue weighted by Gasteiger charge is -2.27. The van der Waals surface area contributed by atoms with E-state index in [1.807, 2.05) is 19.1 Å². The fourth-order valence-corrected chi connectivity index (χ4v) is 4.59. The third-order valence-corrected chi connectivity index (χ3v) is 5.77. The Morgan fingerprint density at radius 3 is 2.52 bits per heavy atom. The van der Waals surface area contributed by atoms with Gasteiger partial charge in [-0.1, -0.05) is 24.3 Å². The topological polar surface area (TPSA) is 113 Å². The molecule has 0 saturated heterocycles. The van der Waals surface area contributed by atoms with Crippen LogP contribution in [0.5, 0.6) is 0 Å². The predicted molar refractivity (Wildman–Crippen MR) is 110 cm³/mol. The number of aryl methyl sites for hydroxylation is 2. The van der Waals surface area contributed by atoms with Crippen molar-refractivity contribution < 1.29 is 8.42 Å². The molecule has 0 spiro atoms. The van der Waals surface area contributed by atoms with E-state index in [1.54, 1.807) is 6.20 Å². The third kappa shape index (κ3) is 4.17. The number of rotatable bonds is 3. The van der Waals surface area contributed by atoms with Gasteiger partial charge in [-0.2, -0.15) is 5.10 Å². The highest BCUT2D eigenvalue weighted by Gasteiger charge is 2.32. The van der Waals surface area contributed by atoms with Gasteiger partial charge in [0.2, 0.25) is 16.0 Å². The lowest BCUT2D eigenvalue weighted by Crippen LogP contribution is -2.30. The van der Waals surface area contributed by atoms with Crippen molar-refractivity contribution in [2.45, 2.75) is 32.6 Å². The zero-order valence-corrected chi connectivity index (χ0v) is 17.1. The van der Waals surface area contributed by atoms with E-state index >= 15 is 0 Å². The summed E-state index contributed by atoms with van der Waals surface area (Å²) < 4.78 is 25.9. The Hall–Kier alpha value is -2.32. The number of hydrogen-bond donors (Lipinski definition) is 3. The van der Waals surface area contributed by atoms with E-state index in [1.165, 1.54) is 15.8 Å². The fourth-order valence-electron chi connectivity index (χ4n) is 3.67. The van der Waals surface area contributed by atoms with Crippen LogP contribution >= 0.6 is 12.4 Å². The lowest BCUT2D eigenvalue weighted by molar-refractivity contribution is 0.587. The van der Waals surface area contributed by atoms with Crippen molar-refractivity contribution in [3.63, 3.8) is 0 Å². The number of hydrogen-bond acceptors (Lipinski definition) is 4. The normalized spacial score (nSPS) is 17.9. The molecule has 1 aliphatic rings. The van der Waals surface area contributed by atoms with Crippen LogP contribution in [0.1, 0.15) is 40.3 Å². The maximum Gasteiger partial charge on any atom is 0.235 e. The zero-order chi connectivity index (χ0) is 19.1. The third-order valence-electron chi connectivity index (χ3n) is 4.72. The summed E-state index contributed by atoms with van der Waals surface area (Å²) >= 11 is 0. The average Bonchev–Trinajstić information content (AvgIpc) is 2.90. The Morgan fingerprint density at radius 2 is 1.93 bits per heavy atom. The van der Waals surface area contributed by atoms with Gasteiger partial charge in [0.15, 0.2) is 0 Å². The van der Waals surface area contributed by atoms with Crippen LogP contribution in [0.2, 0.25) is 0 Å². The first kappa shape index (κ1) is 21.0. The van der Waals surface area contributed by atoms with Gasteiger partial charge in [0.25, 0.3) is 0 Å². The SMILES string of the molecule is Cc1ccccc1C1CC(=NNC(=N)N)c2c(C)cn(S(C)(=O)=O)c2C1.Cl. The van der Waals surface area contributed by atoms with Crippen LogP contribution < -0.4 is 11.2 Å². The minimum atomic E-state index is -3.42. The molecular formula is C18H24ClN5O2S.